The van der Waals surface area contributed by atoms with Gasteiger partial charge in [-0.2, -0.15) is 0 Å². The number of ether oxygens (including phenoxy) is 2. The van der Waals surface area contributed by atoms with Crippen molar-refractivity contribution < 1.29 is 44.6 Å². The molecule has 0 heterocycles. The molecular formula is C136H158O9. The van der Waals surface area contributed by atoms with Crippen LogP contribution in [0.1, 0.15) is 307 Å². The van der Waals surface area contributed by atoms with Gasteiger partial charge in [0.15, 0.2) is 0 Å². The highest BCUT2D eigenvalue weighted by molar-refractivity contribution is 5.94. The second-order valence-electron chi connectivity index (χ2n) is 44.4. The SMILES string of the molecule is CC(C)(C)c1cc(CCc2ccc(Cc3ccccc3)cc2)c(O)c(C(C)(C)C)c1.CCCOC(=O)c1cc(CCc2ccc(Cc3ccccc3)cc2)cc(C(C)(C)C)c1O.CCCOC(=O)c1cc(CCc2ccc(Cc3ccccc3)cc2)cc(C)c1O.Cc1cc(CCc2ccc(Cc3ccccc3)cc2)c(O)c(C(C)(C)C)c1.Cc1cc(CCc2ccc(Cc3ccccc3)cc2)cc(C(C)(C)C)c1O. The van der Waals surface area contributed by atoms with Crippen molar-refractivity contribution in [1.82, 2.24) is 0 Å². The van der Waals surface area contributed by atoms with Crippen molar-refractivity contribution in [2.75, 3.05) is 13.2 Å². The summed E-state index contributed by atoms with van der Waals surface area (Å²) in [6, 6.07) is 117. The molecule has 0 radical (unpaired) electrons. The highest BCUT2D eigenvalue weighted by Gasteiger charge is 2.29. The third kappa shape index (κ3) is 35.0. The van der Waals surface area contributed by atoms with E-state index in [1.54, 1.807) is 12.1 Å². The Morgan fingerprint density at radius 2 is 0.448 bits per heavy atom. The number of aryl methyl sites for hydroxylation is 13. The van der Waals surface area contributed by atoms with Crippen LogP contribution in [0.25, 0.3) is 0 Å². The van der Waals surface area contributed by atoms with Crippen LogP contribution in [-0.2, 0) is 133 Å². The van der Waals surface area contributed by atoms with Crippen LogP contribution in [0.4, 0.5) is 0 Å². The summed E-state index contributed by atoms with van der Waals surface area (Å²) in [6.07, 6.45) is 15.2. The average Bonchev–Trinajstić information content (AvgIpc) is 0.789. The maximum Gasteiger partial charge on any atom is 0.341 e. The first-order chi connectivity index (χ1) is 69.0. The summed E-state index contributed by atoms with van der Waals surface area (Å²) in [6.45, 7) is 42.8. The molecule has 756 valence electrons. The fraction of sp³-hybridized carbons (Fsp3) is 0.324. The van der Waals surface area contributed by atoms with Crippen molar-refractivity contribution in [3.63, 3.8) is 0 Å². The average molecular weight is 1940 g/mol. The maximum absolute atomic E-state index is 12.5. The van der Waals surface area contributed by atoms with Crippen LogP contribution >= 0.6 is 0 Å². The van der Waals surface area contributed by atoms with Crippen LogP contribution < -0.4 is 0 Å². The lowest BCUT2D eigenvalue weighted by Gasteiger charge is -2.27. The summed E-state index contributed by atoms with van der Waals surface area (Å²) in [5, 5.41) is 53.1. The lowest BCUT2D eigenvalue weighted by molar-refractivity contribution is 0.0492. The Balaban J connectivity index is 0.000000173. The van der Waals surface area contributed by atoms with Crippen molar-refractivity contribution in [2.45, 2.75) is 275 Å². The summed E-state index contributed by atoms with van der Waals surface area (Å²) in [5.74, 6) is 0.510. The van der Waals surface area contributed by atoms with Gasteiger partial charge in [0.05, 0.1) is 13.2 Å². The number of carbonyl (C=O) groups excluding carboxylic acids is 2. The quantitative estimate of drug-likeness (QED) is 0.0267. The summed E-state index contributed by atoms with van der Waals surface area (Å²) in [4.78, 5) is 24.7. The monoisotopic (exact) mass is 1940 g/mol. The second-order valence-corrected chi connectivity index (χ2v) is 44.4. The van der Waals surface area contributed by atoms with E-state index in [1.165, 1.54) is 100 Å². The largest absolute Gasteiger partial charge is 0.507 e. The van der Waals surface area contributed by atoms with Gasteiger partial charge in [-0.05, 0) is 314 Å². The number of carbonyl (C=O) groups is 2. The Labute approximate surface area is 868 Å². The van der Waals surface area contributed by atoms with Gasteiger partial charge in [-0.3, -0.25) is 0 Å². The van der Waals surface area contributed by atoms with Crippen LogP contribution in [0.2, 0.25) is 0 Å². The van der Waals surface area contributed by atoms with Crippen molar-refractivity contribution in [3.8, 4) is 28.7 Å². The van der Waals surface area contributed by atoms with E-state index in [9.17, 15) is 35.1 Å². The molecule has 9 heteroatoms. The van der Waals surface area contributed by atoms with Crippen LogP contribution in [0.3, 0.4) is 0 Å². The highest BCUT2D eigenvalue weighted by Crippen LogP contribution is 2.42. The minimum absolute atomic E-state index is 0.0140. The molecule has 0 bridgehead atoms. The van der Waals surface area contributed by atoms with Gasteiger partial charge >= 0.3 is 11.9 Å². The topological polar surface area (TPSA) is 154 Å². The summed E-state index contributed by atoms with van der Waals surface area (Å²) >= 11 is 0. The normalized spacial score (nSPS) is 11.5. The summed E-state index contributed by atoms with van der Waals surface area (Å²) in [5.41, 5.74) is 33.3. The molecule has 0 fully saturated rings. The van der Waals surface area contributed by atoms with Crippen molar-refractivity contribution >= 4 is 11.9 Å². The summed E-state index contributed by atoms with van der Waals surface area (Å²) in [7, 11) is 0. The molecule has 5 N–H and O–H groups in total. The Morgan fingerprint density at radius 1 is 0.221 bits per heavy atom. The molecule has 0 unspecified atom stereocenters. The molecule has 9 nitrogen and oxygen atoms in total. The zero-order chi connectivity index (χ0) is 105. The summed E-state index contributed by atoms with van der Waals surface area (Å²) < 4.78 is 10.5. The second kappa shape index (κ2) is 52.7. The van der Waals surface area contributed by atoms with E-state index >= 15 is 0 Å². The Hall–Kier alpha value is -13.8. The zero-order valence-corrected chi connectivity index (χ0v) is 90.1. The van der Waals surface area contributed by atoms with Gasteiger partial charge < -0.3 is 35.0 Å². The minimum atomic E-state index is -0.459. The maximum atomic E-state index is 12.5. The number of phenols is 5. The number of phenolic OH excluding ortho intramolecular Hbond substituents is 5. The number of hydrogen-bond acceptors (Lipinski definition) is 9. The lowest BCUT2D eigenvalue weighted by atomic mass is 9.78. The number of hydrogen-bond donors (Lipinski definition) is 5. The van der Waals surface area contributed by atoms with Gasteiger partial charge in [0.1, 0.15) is 39.9 Å². The van der Waals surface area contributed by atoms with E-state index in [1.807, 2.05) is 72.7 Å². The van der Waals surface area contributed by atoms with E-state index in [0.29, 0.717) is 36.0 Å². The molecule has 0 atom stereocenters. The Bertz CT molecular complexity index is 6570. The van der Waals surface area contributed by atoms with Crippen LogP contribution in [0, 0.1) is 20.8 Å². The smallest absolute Gasteiger partial charge is 0.341 e. The highest BCUT2D eigenvalue weighted by atomic mass is 16.5. The molecule has 0 amide bonds. The van der Waals surface area contributed by atoms with Crippen molar-refractivity contribution in [3.05, 3.63) is 501 Å². The van der Waals surface area contributed by atoms with Crippen molar-refractivity contribution in [1.29, 1.82) is 0 Å². The van der Waals surface area contributed by atoms with E-state index < -0.39 is 11.9 Å². The van der Waals surface area contributed by atoms with Crippen LogP contribution in [0.5, 0.6) is 28.7 Å². The van der Waals surface area contributed by atoms with Crippen molar-refractivity contribution in [2.24, 2.45) is 0 Å². The predicted octanol–water partition coefficient (Wildman–Crippen LogP) is 32.4. The number of esters is 2. The molecule has 15 rings (SSSR count). The zero-order valence-electron chi connectivity index (χ0n) is 90.1. The first kappa shape index (κ1) is 112. The van der Waals surface area contributed by atoms with Crippen LogP contribution in [0.15, 0.2) is 334 Å². The Kier molecular flexibility index (Phi) is 40.5. The predicted molar refractivity (Wildman–Crippen MR) is 605 cm³/mol. The molecule has 15 aromatic rings. The third-order valence-corrected chi connectivity index (χ3v) is 26.7. The molecule has 0 aliphatic carbocycles. The lowest BCUT2D eigenvalue weighted by Crippen LogP contribution is -2.17. The standard InChI is InChI=1S/C29H34O3.C29H36O.C26H28O3.2C26H30O/c1-5-17-32-28(31)25-19-24(20-26(27(25)30)29(2,3)4)16-13-21-11-14-23(15-12-21)18-22-9-7-6-8-10-22;1-28(2,3)25-19-24(27(30)26(20-25)29(4,5)6)17-16-21-12-14-23(15-13-21)18-22-10-8-7-9-11-22;1-3-15-29-26(28)24-18-23(16-19(2)25(24)27)14-11-20-9-12-22(13-10-20)17-21-7-5-4-6-8-21;1-19-16-23(18-24(25(19)27)26(2,3)4)15-12-20-10-13-22(14-11-20)17-21-8-6-5-7-9-21;1-19-16-23(25(27)24(17-19)26(2,3)4)15-14-20-10-12-22(13-11-20)18-21-8-6-5-7-9-21/h6-12,14-15,19-20,30H,5,13,16-18H2,1-4H3;7-15,19-20,30H,16-18H2,1-6H3;4-10,12-13,16,18,27H,3,11,14-15,17H2,1-2H3;5-11,13-14,16,18,27H,12,15,17H2,1-4H3;5-13,16-17,27H,14-15,18H2,1-4H3. The Morgan fingerprint density at radius 3 is 0.738 bits per heavy atom. The van der Waals surface area contributed by atoms with E-state index in [2.05, 4.69) is 387 Å². The molecule has 0 aliphatic rings. The number of rotatable bonds is 31. The van der Waals surface area contributed by atoms with E-state index in [4.69, 9.17) is 9.47 Å². The van der Waals surface area contributed by atoms with Gasteiger partial charge in [0.25, 0.3) is 0 Å². The van der Waals surface area contributed by atoms with Gasteiger partial charge in [0.2, 0.25) is 0 Å². The molecule has 0 aliphatic heterocycles. The molecule has 145 heavy (non-hydrogen) atoms. The fourth-order valence-electron chi connectivity index (χ4n) is 18.0. The van der Waals surface area contributed by atoms with Crippen LogP contribution in [-0.4, -0.2) is 50.7 Å². The minimum Gasteiger partial charge on any atom is -0.507 e. The first-order valence-electron chi connectivity index (χ1n) is 52.2. The number of benzene rings is 15. The number of aromatic hydroxyl groups is 5. The molecule has 15 aromatic carbocycles. The first-order valence-corrected chi connectivity index (χ1v) is 52.2. The van der Waals surface area contributed by atoms with E-state index in [0.717, 1.165) is 159 Å². The molecule has 0 aromatic heterocycles. The third-order valence-electron chi connectivity index (χ3n) is 26.7. The fourth-order valence-corrected chi connectivity index (χ4v) is 18.0. The van der Waals surface area contributed by atoms with Gasteiger partial charge in [-0.15, -0.1) is 0 Å². The molecule has 0 saturated heterocycles. The molecule has 0 spiro atoms. The van der Waals surface area contributed by atoms with E-state index in [-0.39, 0.29) is 49.7 Å². The molecular weight excluding hydrogens is 1780 g/mol. The molecule has 0 saturated carbocycles. The van der Waals surface area contributed by atoms with Gasteiger partial charge in [-0.25, -0.2) is 9.59 Å². The van der Waals surface area contributed by atoms with Gasteiger partial charge in [-0.1, -0.05) is 445 Å². The van der Waals surface area contributed by atoms with Gasteiger partial charge in [0, 0.05) is 5.56 Å².